The molecule has 1 N–H and O–H groups in total. The molecule has 0 unspecified atom stereocenters. The summed E-state index contributed by atoms with van der Waals surface area (Å²) < 4.78 is 8.78. The molecule has 2 aliphatic heterocycles. The molecule has 98 valence electrons. The van der Waals surface area contributed by atoms with Crippen LogP contribution in [0.5, 0.6) is 5.75 Å². The number of ether oxygens (including phenoxy) is 1. The van der Waals surface area contributed by atoms with Crippen molar-refractivity contribution in [3.63, 3.8) is 0 Å². The van der Waals surface area contributed by atoms with E-state index < -0.39 is 0 Å². The van der Waals surface area contributed by atoms with E-state index in [1.807, 2.05) is 0 Å². The molecule has 1 aromatic heterocycles. The van der Waals surface area contributed by atoms with Crippen molar-refractivity contribution in [3.05, 3.63) is 47.8 Å². The fourth-order valence-corrected chi connectivity index (χ4v) is 3.42. The molecule has 3 heterocycles. The highest BCUT2D eigenvalue weighted by Gasteiger charge is 2.42. The van der Waals surface area contributed by atoms with Crippen molar-refractivity contribution < 1.29 is 4.74 Å². The van der Waals surface area contributed by atoms with Crippen LogP contribution in [-0.4, -0.2) is 17.7 Å². The average molecular weight is 254 g/mol. The van der Waals surface area contributed by atoms with E-state index in [1.165, 1.54) is 16.9 Å². The second-order valence-electron chi connectivity index (χ2n) is 5.53. The molecule has 0 bridgehead atoms. The van der Waals surface area contributed by atoms with Gasteiger partial charge in [0.05, 0.1) is 11.4 Å². The largest absolute Gasteiger partial charge is 0.479 e. The average Bonchev–Trinajstić information content (AvgIpc) is 2.90. The van der Waals surface area contributed by atoms with Gasteiger partial charge in [0, 0.05) is 19.0 Å². The number of aromatic nitrogens is 1. The van der Waals surface area contributed by atoms with Gasteiger partial charge >= 0.3 is 0 Å². The minimum Gasteiger partial charge on any atom is -0.479 e. The van der Waals surface area contributed by atoms with E-state index in [1.54, 1.807) is 0 Å². The van der Waals surface area contributed by atoms with Gasteiger partial charge in [-0.05, 0) is 43.8 Å². The predicted molar refractivity (Wildman–Crippen MR) is 74.9 cm³/mol. The molecule has 0 radical (unpaired) electrons. The number of nitrogens with one attached hydrogen (secondary N) is 1. The zero-order valence-electron chi connectivity index (χ0n) is 11.1. The van der Waals surface area contributed by atoms with Crippen LogP contribution < -0.4 is 10.1 Å². The van der Waals surface area contributed by atoms with Crippen LogP contribution in [0.15, 0.2) is 36.5 Å². The number of fused-ring (bicyclic) bond motifs is 4. The number of aryl methyl sites for hydroxylation is 1. The Bertz CT molecular complexity index is 623. The highest BCUT2D eigenvalue weighted by molar-refractivity contribution is 5.56. The lowest BCUT2D eigenvalue weighted by atomic mass is 9.87. The van der Waals surface area contributed by atoms with Crippen molar-refractivity contribution in [2.45, 2.75) is 25.4 Å². The van der Waals surface area contributed by atoms with Gasteiger partial charge in [-0.3, -0.25) is 0 Å². The van der Waals surface area contributed by atoms with Gasteiger partial charge in [0.25, 0.3) is 0 Å². The normalized spacial score (nSPS) is 19.6. The second kappa shape index (κ2) is 3.87. The van der Waals surface area contributed by atoms with Crippen molar-refractivity contribution in [2.75, 3.05) is 13.1 Å². The second-order valence-corrected chi connectivity index (χ2v) is 5.53. The highest BCUT2D eigenvalue weighted by Crippen LogP contribution is 2.44. The maximum Gasteiger partial charge on any atom is 0.152 e. The third-order valence-electron chi connectivity index (χ3n) is 4.37. The summed E-state index contributed by atoms with van der Waals surface area (Å²) in [6.07, 6.45) is 4.22. The molecule has 3 heteroatoms. The smallest absolute Gasteiger partial charge is 0.152 e. The molecular weight excluding hydrogens is 236 g/mol. The van der Waals surface area contributed by atoms with Gasteiger partial charge in [0.1, 0.15) is 5.75 Å². The van der Waals surface area contributed by atoms with Gasteiger partial charge in [0.2, 0.25) is 0 Å². The fourth-order valence-electron chi connectivity index (χ4n) is 3.42. The highest BCUT2D eigenvalue weighted by atomic mass is 16.5. The molecule has 3 nitrogen and oxygen atoms in total. The molecule has 0 atom stereocenters. The van der Waals surface area contributed by atoms with Crippen molar-refractivity contribution in [1.82, 2.24) is 9.88 Å². The summed E-state index contributed by atoms with van der Waals surface area (Å²) in [7, 11) is 0. The number of rotatable bonds is 0. The lowest BCUT2D eigenvalue weighted by Crippen LogP contribution is -2.46. The number of nitrogens with zero attached hydrogens (tertiary/aromatic N) is 1. The van der Waals surface area contributed by atoms with Crippen LogP contribution in [0.2, 0.25) is 0 Å². The minimum atomic E-state index is -0.143. The van der Waals surface area contributed by atoms with E-state index in [4.69, 9.17) is 4.74 Å². The Balaban J connectivity index is 1.94. The van der Waals surface area contributed by atoms with E-state index in [0.717, 1.165) is 31.7 Å². The Morgan fingerprint density at radius 2 is 2.00 bits per heavy atom. The number of hydrogen-bond acceptors (Lipinski definition) is 2. The summed E-state index contributed by atoms with van der Waals surface area (Å²) >= 11 is 0. The van der Waals surface area contributed by atoms with Crippen LogP contribution in [0.1, 0.15) is 24.1 Å². The molecular formula is C16H18N2O. The summed E-state index contributed by atoms with van der Waals surface area (Å²) in [6.45, 7) is 4.19. The molecule has 1 fully saturated rings. The molecule has 4 rings (SSSR count). The Kier molecular flexibility index (Phi) is 2.27. The first-order chi connectivity index (χ1) is 9.30. The van der Waals surface area contributed by atoms with Gasteiger partial charge in [0.15, 0.2) is 5.60 Å². The summed E-state index contributed by atoms with van der Waals surface area (Å²) in [6, 6.07) is 10.7. The lowest BCUT2D eigenvalue weighted by molar-refractivity contribution is 0.0202. The first-order valence-corrected chi connectivity index (χ1v) is 6.98. The van der Waals surface area contributed by atoms with Crippen LogP contribution in [-0.2, 0) is 5.60 Å². The Labute approximate surface area is 113 Å². The number of para-hydroxylation sites is 1. The van der Waals surface area contributed by atoms with Gasteiger partial charge in [-0.15, -0.1) is 0 Å². The maximum atomic E-state index is 6.47. The summed E-state index contributed by atoms with van der Waals surface area (Å²) in [5, 5.41) is 3.43. The summed E-state index contributed by atoms with van der Waals surface area (Å²) in [5.74, 6) is 1.02. The van der Waals surface area contributed by atoms with Crippen molar-refractivity contribution >= 4 is 0 Å². The topological polar surface area (TPSA) is 26.2 Å². The zero-order chi connectivity index (χ0) is 12.9. The van der Waals surface area contributed by atoms with E-state index in [2.05, 4.69) is 53.3 Å². The zero-order valence-corrected chi connectivity index (χ0v) is 11.1. The Morgan fingerprint density at radius 3 is 2.84 bits per heavy atom. The number of piperidine rings is 1. The molecule has 19 heavy (non-hydrogen) atoms. The SMILES string of the molecule is Cc1cccc2c1-n1cccc1C1(CCNCC1)O2. The van der Waals surface area contributed by atoms with Crippen molar-refractivity contribution in [3.8, 4) is 11.4 Å². The van der Waals surface area contributed by atoms with Gasteiger partial charge in [-0.1, -0.05) is 12.1 Å². The molecule has 1 saturated heterocycles. The van der Waals surface area contributed by atoms with Gasteiger partial charge in [-0.2, -0.15) is 0 Å². The lowest BCUT2D eigenvalue weighted by Gasteiger charge is -2.42. The van der Waals surface area contributed by atoms with Crippen LogP contribution in [0.25, 0.3) is 5.69 Å². The van der Waals surface area contributed by atoms with Crippen LogP contribution in [0.3, 0.4) is 0 Å². The Morgan fingerprint density at radius 1 is 1.16 bits per heavy atom. The van der Waals surface area contributed by atoms with E-state index >= 15 is 0 Å². The fraction of sp³-hybridized carbons (Fsp3) is 0.375. The summed E-state index contributed by atoms with van der Waals surface area (Å²) in [4.78, 5) is 0. The molecule has 1 aromatic carbocycles. The molecule has 1 spiro atoms. The first-order valence-electron chi connectivity index (χ1n) is 6.98. The monoisotopic (exact) mass is 254 g/mol. The third-order valence-corrected chi connectivity index (χ3v) is 4.37. The standard InChI is InChI=1S/C16H18N2O/c1-12-4-2-5-13-15(12)18-11-3-6-14(18)16(19-13)7-9-17-10-8-16/h2-6,11,17H,7-10H2,1H3. The van der Waals surface area contributed by atoms with E-state index in [-0.39, 0.29) is 5.60 Å². The van der Waals surface area contributed by atoms with E-state index in [0.29, 0.717) is 0 Å². The van der Waals surface area contributed by atoms with E-state index in [9.17, 15) is 0 Å². The van der Waals surface area contributed by atoms with Gasteiger partial charge in [-0.25, -0.2) is 0 Å². The van der Waals surface area contributed by atoms with Gasteiger partial charge < -0.3 is 14.6 Å². The van der Waals surface area contributed by atoms with Crippen molar-refractivity contribution in [2.24, 2.45) is 0 Å². The van der Waals surface area contributed by atoms with Crippen LogP contribution >= 0.6 is 0 Å². The maximum absolute atomic E-state index is 6.47. The molecule has 0 aliphatic carbocycles. The van der Waals surface area contributed by atoms with Crippen LogP contribution in [0.4, 0.5) is 0 Å². The third kappa shape index (κ3) is 1.48. The number of hydrogen-bond donors (Lipinski definition) is 1. The van der Waals surface area contributed by atoms with Crippen molar-refractivity contribution in [1.29, 1.82) is 0 Å². The minimum absolute atomic E-state index is 0.143. The molecule has 0 saturated carbocycles. The number of benzene rings is 1. The first kappa shape index (κ1) is 11.1. The predicted octanol–water partition coefficient (Wildman–Crippen LogP) is 2.76. The Hall–Kier alpha value is -1.74. The quantitative estimate of drug-likeness (QED) is 0.782. The van der Waals surface area contributed by atoms with Crippen LogP contribution in [0, 0.1) is 6.92 Å². The molecule has 2 aromatic rings. The molecule has 0 amide bonds. The molecule has 2 aliphatic rings. The summed E-state index contributed by atoms with van der Waals surface area (Å²) in [5.41, 5.74) is 3.62.